The van der Waals surface area contributed by atoms with Gasteiger partial charge in [-0.15, -0.1) is 0 Å². The Morgan fingerprint density at radius 1 is 1.16 bits per heavy atom. The maximum atomic E-state index is 12.4. The van der Waals surface area contributed by atoms with E-state index in [0.29, 0.717) is 12.1 Å². The normalized spacial score (nSPS) is 30.4. The Kier molecular flexibility index (Phi) is 3.12. The van der Waals surface area contributed by atoms with Crippen molar-refractivity contribution in [3.8, 4) is 5.88 Å². The second kappa shape index (κ2) is 4.67. The maximum Gasteiger partial charge on any atom is 0.417 e. The van der Waals surface area contributed by atoms with E-state index in [-0.39, 0.29) is 12.0 Å². The number of alkyl halides is 3. The highest BCUT2D eigenvalue weighted by Crippen LogP contribution is 2.31. The molecule has 0 amide bonds. The van der Waals surface area contributed by atoms with Crippen molar-refractivity contribution in [2.75, 3.05) is 0 Å². The summed E-state index contributed by atoms with van der Waals surface area (Å²) in [6, 6.07) is 3.28. The standard InChI is InChI=1S/C13H15F3N2O/c14-13(15,16)8-1-4-12(17-7-8)19-11-5-9-2-3-10(6-11)18-9/h1,4,7,9-11,18H,2-3,5-6H2. The van der Waals surface area contributed by atoms with Gasteiger partial charge in [0.15, 0.2) is 0 Å². The molecule has 0 spiro atoms. The molecular weight excluding hydrogens is 257 g/mol. The van der Waals surface area contributed by atoms with Gasteiger partial charge in [0.05, 0.1) is 5.56 Å². The van der Waals surface area contributed by atoms with E-state index < -0.39 is 11.7 Å². The summed E-state index contributed by atoms with van der Waals surface area (Å²) < 4.78 is 42.9. The van der Waals surface area contributed by atoms with Crippen LogP contribution >= 0.6 is 0 Å². The third-order valence-corrected chi connectivity index (χ3v) is 3.78. The molecule has 3 rings (SSSR count). The fraction of sp³-hybridized carbons (Fsp3) is 0.615. The average Bonchev–Trinajstić information content (AvgIpc) is 2.68. The van der Waals surface area contributed by atoms with Crippen LogP contribution < -0.4 is 10.1 Å². The lowest BCUT2D eigenvalue weighted by molar-refractivity contribution is -0.137. The summed E-state index contributed by atoms with van der Waals surface area (Å²) in [6.45, 7) is 0. The minimum atomic E-state index is -4.35. The smallest absolute Gasteiger partial charge is 0.417 e. The molecule has 3 nitrogen and oxygen atoms in total. The van der Waals surface area contributed by atoms with Crippen LogP contribution in [0.15, 0.2) is 18.3 Å². The number of nitrogens with one attached hydrogen (secondary N) is 1. The molecular formula is C13H15F3N2O. The molecule has 2 atom stereocenters. The summed E-state index contributed by atoms with van der Waals surface area (Å²) in [5.41, 5.74) is -0.745. The van der Waals surface area contributed by atoms with E-state index in [4.69, 9.17) is 4.74 Å². The summed E-state index contributed by atoms with van der Waals surface area (Å²) in [6.07, 6.45) is 0.654. The monoisotopic (exact) mass is 272 g/mol. The number of piperidine rings is 1. The van der Waals surface area contributed by atoms with E-state index in [9.17, 15) is 13.2 Å². The summed E-state index contributed by atoms with van der Waals surface area (Å²) in [5, 5.41) is 3.49. The van der Waals surface area contributed by atoms with Crippen LogP contribution in [0.5, 0.6) is 5.88 Å². The van der Waals surface area contributed by atoms with Gasteiger partial charge < -0.3 is 10.1 Å². The number of halogens is 3. The number of ether oxygens (including phenoxy) is 1. The van der Waals surface area contributed by atoms with Crippen LogP contribution in [-0.2, 0) is 6.18 Å². The predicted molar refractivity (Wildman–Crippen MR) is 62.8 cm³/mol. The van der Waals surface area contributed by atoms with Crippen LogP contribution in [0.1, 0.15) is 31.2 Å². The lowest BCUT2D eigenvalue weighted by atomic mass is 10.0. The molecule has 0 aromatic carbocycles. The van der Waals surface area contributed by atoms with Gasteiger partial charge in [-0.25, -0.2) is 4.98 Å². The van der Waals surface area contributed by atoms with Crippen molar-refractivity contribution in [3.05, 3.63) is 23.9 Å². The molecule has 3 heterocycles. The quantitative estimate of drug-likeness (QED) is 0.899. The minimum absolute atomic E-state index is 0.0583. The van der Waals surface area contributed by atoms with Gasteiger partial charge >= 0.3 is 6.18 Å². The fourth-order valence-electron chi connectivity index (χ4n) is 2.89. The Morgan fingerprint density at radius 3 is 2.37 bits per heavy atom. The first kappa shape index (κ1) is 12.7. The third kappa shape index (κ3) is 2.83. The summed E-state index contributed by atoms with van der Waals surface area (Å²) in [5.74, 6) is 0.277. The van der Waals surface area contributed by atoms with Gasteiger partial charge in [-0.2, -0.15) is 13.2 Å². The number of rotatable bonds is 2. The van der Waals surface area contributed by atoms with Crippen LogP contribution in [0.2, 0.25) is 0 Å². The van der Waals surface area contributed by atoms with Crippen molar-refractivity contribution in [3.63, 3.8) is 0 Å². The number of hydrogen-bond acceptors (Lipinski definition) is 3. The lowest BCUT2D eigenvalue weighted by Gasteiger charge is -2.29. The fourth-order valence-corrected chi connectivity index (χ4v) is 2.89. The topological polar surface area (TPSA) is 34.1 Å². The zero-order valence-electron chi connectivity index (χ0n) is 10.3. The van der Waals surface area contributed by atoms with E-state index >= 15 is 0 Å². The molecule has 6 heteroatoms. The van der Waals surface area contributed by atoms with Gasteiger partial charge in [-0.3, -0.25) is 0 Å². The Labute approximate surface area is 109 Å². The number of aromatic nitrogens is 1. The molecule has 1 aromatic heterocycles. The predicted octanol–water partition coefficient (Wildman–Crippen LogP) is 2.76. The molecule has 2 aliphatic heterocycles. The Morgan fingerprint density at radius 2 is 1.84 bits per heavy atom. The van der Waals surface area contributed by atoms with Crippen molar-refractivity contribution in [1.29, 1.82) is 0 Å². The molecule has 104 valence electrons. The van der Waals surface area contributed by atoms with Gasteiger partial charge in [0.25, 0.3) is 0 Å². The molecule has 0 aliphatic carbocycles. The largest absolute Gasteiger partial charge is 0.474 e. The number of fused-ring (bicyclic) bond motifs is 2. The second-order valence-corrected chi connectivity index (χ2v) is 5.23. The van der Waals surface area contributed by atoms with Gasteiger partial charge in [0.1, 0.15) is 6.10 Å². The zero-order valence-corrected chi connectivity index (χ0v) is 10.3. The van der Waals surface area contributed by atoms with Crippen LogP contribution in [0, 0.1) is 0 Å². The molecule has 2 unspecified atom stereocenters. The van der Waals surface area contributed by atoms with E-state index in [2.05, 4.69) is 10.3 Å². The zero-order chi connectivity index (χ0) is 13.5. The molecule has 2 fully saturated rings. The van der Waals surface area contributed by atoms with E-state index in [1.54, 1.807) is 0 Å². The molecule has 0 radical (unpaired) electrons. The van der Waals surface area contributed by atoms with Gasteiger partial charge in [-0.05, 0) is 31.7 Å². The Bertz CT molecular complexity index is 434. The first-order valence-corrected chi connectivity index (χ1v) is 6.46. The Hall–Kier alpha value is -1.30. The van der Waals surface area contributed by atoms with Gasteiger partial charge in [0.2, 0.25) is 5.88 Å². The molecule has 2 saturated heterocycles. The van der Waals surface area contributed by atoms with Crippen molar-refractivity contribution in [2.45, 2.75) is 50.0 Å². The number of hydrogen-bond donors (Lipinski definition) is 1. The summed E-state index contributed by atoms with van der Waals surface area (Å²) >= 11 is 0. The summed E-state index contributed by atoms with van der Waals surface area (Å²) in [7, 11) is 0. The minimum Gasteiger partial charge on any atom is -0.474 e. The first-order chi connectivity index (χ1) is 9.00. The van der Waals surface area contributed by atoms with Crippen LogP contribution in [-0.4, -0.2) is 23.2 Å². The number of pyridine rings is 1. The third-order valence-electron chi connectivity index (χ3n) is 3.78. The maximum absolute atomic E-state index is 12.4. The second-order valence-electron chi connectivity index (χ2n) is 5.23. The number of nitrogens with zero attached hydrogens (tertiary/aromatic N) is 1. The van der Waals surface area contributed by atoms with Crippen molar-refractivity contribution in [1.82, 2.24) is 10.3 Å². The van der Waals surface area contributed by atoms with Gasteiger partial charge in [0, 0.05) is 24.3 Å². The van der Waals surface area contributed by atoms with Gasteiger partial charge in [-0.1, -0.05) is 0 Å². The molecule has 1 aromatic rings. The molecule has 19 heavy (non-hydrogen) atoms. The lowest BCUT2D eigenvalue weighted by Crippen LogP contribution is -2.42. The van der Waals surface area contributed by atoms with Crippen LogP contribution in [0.4, 0.5) is 13.2 Å². The average molecular weight is 272 g/mol. The molecule has 2 bridgehead atoms. The SMILES string of the molecule is FC(F)(F)c1ccc(OC2CC3CCC(C2)N3)nc1. The van der Waals surface area contributed by atoms with Crippen molar-refractivity contribution in [2.24, 2.45) is 0 Å². The van der Waals surface area contributed by atoms with Crippen molar-refractivity contribution < 1.29 is 17.9 Å². The van der Waals surface area contributed by atoms with E-state index in [1.165, 1.54) is 6.07 Å². The highest BCUT2D eigenvalue weighted by Gasteiger charge is 2.35. The molecule has 2 aliphatic rings. The first-order valence-electron chi connectivity index (χ1n) is 6.46. The molecule has 1 N–H and O–H groups in total. The molecule has 0 saturated carbocycles. The highest BCUT2D eigenvalue weighted by atomic mass is 19.4. The van der Waals surface area contributed by atoms with Crippen LogP contribution in [0.3, 0.4) is 0 Å². The Balaban J connectivity index is 1.64. The van der Waals surface area contributed by atoms with E-state index in [0.717, 1.165) is 37.9 Å². The highest BCUT2D eigenvalue weighted by molar-refractivity contribution is 5.20. The van der Waals surface area contributed by atoms with E-state index in [1.807, 2.05) is 0 Å². The van der Waals surface area contributed by atoms with Crippen LogP contribution in [0.25, 0.3) is 0 Å². The van der Waals surface area contributed by atoms with Crippen molar-refractivity contribution >= 4 is 0 Å². The summed E-state index contributed by atoms with van der Waals surface area (Å²) in [4.78, 5) is 3.75.